The zero-order chi connectivity index (χ0) is 15.7. The third-order valence-electron chi connectivity index (χ3n) is 2.79. The summed E-state index contributed by atoms with van der Waals surface area (Å²) in [5.41, 5.74) is -0.609. The maximum absolute atomic E-state index is 11.7. The Morgan fingerprint density at radius 3 is 2.38 bits per heavy atom. The molecular weight excluding hydrogens is 292 g/mol. The molecule has 0 heterocycles. The van der Waals surface area contributed by atoms with Gasteiger partial charge in [0.05, 0.1) is 5.41 Å². The minimum atomic E-state index is -0.609. The molecular formula is C15H21ClN2O3. The maximum atomic E-state index is 11.7. The highest BCUT2D eigenvalue weighted by Gasteiger charge is 2.25. The van der Waals surface area contributed by atoms with Crippen molar-refractivity contribution in [1.29, 1.82) is 0 Å². The average molecular weight is 313 g/mol. The number of halogens is 1. The molecule has 116 valence electrons. The number of hydrogen-bond donors (Lipinski definition) is 2. The Kier molecular flexibility index (Phi) is 7.02. The predicted molar refractivity (Wildman–Crippen MR) is 82.5 cm³/mol. The summed E-state index contributed by atoms with van der Waals surface area (Å²) in [5, 5.41) is 5.39. The van der Waals surface area contributed by atoms with Crippen molar-refractivity contribution in [2.24, 2.45) is 5.41 Å². The van der Waals surface area contributed by atoms with Crippen LogP contribution in [-0.4, -0.2) is 37.4 Å². The molecule has 0 aromatic heterocycles. The van der Waals surface area contributed by atoms with Crippen LogP contribution < -0.4 is 15.4 Å². The summed E-state index contributed by atoms with van der Waals surface area (Å²) in [6.07, 6.45) is 0. The van der Waals surface area contributed by atoms with Gasteiger partial charge >= 0.3 is 0 Å². The number of benzene rings is 1. The van der Waals surface area contributed by atoms with Crippen LogP contribution in [0.1, 0.15) is 13.8 Å². The summed E-state index contributed by atoms with van der Waals surface area (Å²) in [6, 6.07) is 9.10. The van der Waals surface area contributed by atoms with Gasteiger partial charge in [-0.3, -0.25) is 9.59 Å². The summed E-state index contributed by atoms with van der Waals surface area (Å²) in [7, 11) is 0. The Bertz CT molecular complexity index is 463. The molecule has 0 aliphatic carbocycles. The van der Waals surface area contributed by atoms with E-state index in [0.29, 0.717) is 18.8 Å². The second kappa shape index (κ2) is 8.52. The van der Waals surface area contributed by atoms with Gasteiger partial charge in [-0.25, -0.2) is 0 Å². The molecule has 0 saturated heterocycles. The molecule has 1 rings (SSSR count). The molecule has 0 atom stereocenters. The molecule has 21 heavy (non-hydrogen) atoms. The van der Waals surface area contributed by atoms with Gasteiger partial charge < -0.3 is 15.4 Å². The molecule has 1 aromatic rings. The van der Waals surface area contributed by atoms with Crippen molar-refractivity contribution in [2.75, 3.05) is 25.6 Å². The van der Waals surface area contributed by atoms with Crippen LogP contribution in [0.15, 0.2) is 30.3 Å². The molecule has 1 aromatic carbocycles. The van der Waals surface area contributed by atoms with Gasteiger partial charge in [0.15, 0.2) is 6.61 Å². The highest BCUT2D eigenvalue weighted by atomic mass is 35.5. The molecule has 2 N–H and O–H groups in total. The van der Waals surface area contributed by atoms with Gasteiger partial charge in [-0.15, -0.1) is 11.6 Å². The molecule has 0 unspecified atom stereocenters. The smallest absolute Gasteiger partial charge is 0.258 e. The van der Waals surface area contributed by atoms with E-state index < -0.39 is 5.41 Å². The molecule has 0 radical (unpaired) electrons. The second-order valence-electron chi connectivity index (χ2n) is 5.23. The van der Waals surface area contributed by atoms with Crippen molar-refractivity contribution in [1.82, 2.24) is 10.6 Å². The van der Waals surface area contributed by atoms with E-state index in [2.05, 4.69) is 10.6 Å². The van der Waals surface area contributed by atoms with E-state index in [9.17, 15) is 9.59 Å². The monoisotopic (exact) mass is 312 g/mol. The molecule has 5 nitrogen and oxygen atoms in total. The van der Waals surface area contributed by atoms with E-state index in [1.165, 1.54) is 0 Å². The van der Waals surface area contributed by atoms with Crippen LogP contribution in [0.4, 0.5) is 0 Å². The largest absolute Gasteiger partial charge is 0.484 e. The summed E-state index contributed by atoms with van der Waals surface area (Å²) >= 11 is 5.70. The van der Waals surface area contributed by atoms with Gasteiger partial charge in [-0.05, 0) is 26.0 Å². The first kappa shape index (κ1) is 17.3. The number of amides is 2. The first-order chi connectivity index (χ1) is 9.95. The van der Waals surface area contributed by atoms with E-state index in [4.69, 9.17) is 16.3 Å². The van der Waals surface area contributed by atoms with Gasteiger partial charge in [0.25, 0.3) is 5.91 Å². The number of para-hydroxylation sites is 1. The lowest BCUT2D eigenvalue weighted by molar-refractivity contribution is -0.128. The molecule has 0 fully saturated rings. The zero-order valence-corrected chi connectivity index (χ0v) is 13.1. The van der Waals surface area contributed by atoms with Gasteiger partial charge in [0.2, 0.25) is 5.91 Å². The average Bonchev–Trinajstić information content (AvgIpc) is 2.50. The van der Waals surface area contributed by atoms with Crippen molar-refractivity contribution < 1.29 is 14.3 Å². The molecule has 0 spiro atoms. The van der Waals surface area contributed by atoms with Crippen molar-refractivity contribution in [3.8, 4) is 5.75 Å². The number of carbonyl (C=O) groups excluding carboxylic acids is 2. The molecule has 6 heteroatoms. The number of alkyl halides is 1. The summed E-state index contributed by atoms with van der Waals surface area (Å²) in [6.45, 7) is 4.19. The Labute approximate surface area is 130 Å². The van der Waals surface area contributed by atoms with E-state index in [-0.39, 0.29) is 24.3 Å². The second-order valence-corrected chi connectivity index (χ2v) is 5.49. The molecule has 0 aliphatic rings. The summed E-state index contributed by atoms with van der Waals surface area (Å²) in [4.78, 5) is 23.3. The molecule has 0 aliphatic heterocycles. The van der Waals surface area contributed by atoms with Crippen LogP contribution in [0, 0.1) is 5.41 Å². The number of carbonyl (C=O) groups is 2. The van der Waals surface area contributed by atoms with Crippen LogP contribution in [0.25, 0.3) is 0 Å². The van der Waals surface area contributed by atoms with Gasteiger partial charge in [0.1, 0.15) is 5.75 Å². The van der Waals surface area contributed by atoms with Gasteiger partial charge in [-0.1, -0.05) is 18.2 Å². The van der Waals surface area contributed by atoms with Gasteiger partial charge in [0, 0.05) is 19.0 Å². The Morgan fingerprint density at radius 2 is 1.76 bits per heavy atom. The number of nitrogens with one attached hydrogen (secondary N) is 2. The van der Waals surface area contributed by atoms with E-state index >= 15 is 0 Å². The zero-order valence-electron chi connectivity index (χ0n) is 12.3. The van der Waals surface area contributed by atoms with Crippen LogP contribution in [0.2, 0.25) is 0 Å². The first-order valence-corrected chi connectivity index (χ1v) is 7.28. The molecule has 0 bridgehead atoms. The van der Waals surface area contributed by atoms with Crippen LogP contribution >= 0.6 is 11.6 Å². The minimum absolute atomic E-state index is 0.0505. The van der Waals surface area contributed by atoms with Crippen molar-refractivity contribution in [2.45, 2.75) is 13.8 Å². The highest BCUT2D eigenvalue weighted by molar-refractivity contribution is 6.19. The lowest BCUT2D eigenvalue weighted by Gasteiger charge is -2.20. The quantitative estimate of drug-likeness (QED) is 0.565. The van der Waals surface area contributed by atoms with Crippen molar-refractivity contribution >= 4 is 23.4 Å². The lowest BCUT2D eigenvalue weighted by atomic mass is 9.95. The summed E-state index contributed by atoms with van der Waals surface area (Å²) in [5.74, 6) is 0.526. The lowest BCUT2D eigenvalue weighted by Crippen LogP contribution is -2.42. The number of ether oxygens (including phenoxy) is 1. The predicted octanol–water partition coefficient (Wildman–Crippen LogP) is 1.56. The van der Waals surface area contributed by atoms with E-state index in [1.54, 1.807) is 26.0 Å². The minimum Gasteiger partial charge on any atom is -0.484 e. The normalized spacial score (nSPS) is 10.8. The van der Waals surface area contributed by atoms with Gasteiger partial charge in [-0.2, -0.15) is 0 Å². The fraction of sp³-hybridized carbons (Fsp3) is 0.467. The number of rotatable bonds is 8. The van der Waals surface area contributed by atoms with E-state index in [1.807, 2.05) is 18.2 Å². The fourth-order valence-electron chi connectivity index (χ4n) is 1.39. The maximum Gasteiger partial charge on any atom is 0.258 e. The van der Waals surface area contributed by atoms with Crippen molar-refractivity contribution in [3.63, 3.8) is 0 Å². The van der Waals surface area contributed by atoms with Crippen LogP contribution in [0.3, 0.4) is 0 Å². The SMILES string of the molecule is CC(C)(CCl)C(=O)NCCNC(=O)COc1ccccc1. The first-order valence-electron chi connectivity index (χ1n) is 6.74. The third kappa shape index (κ3) is 6.49. The molecule has 2 amide bonds. The Balaban J connectivity index is 2.15. The Morgan fingerprint density at radius 1 is 1.14 bits per heavy atom. The van der Waals surface area contributed by atoms with E-state index in [0.717, 1.165) is 0 Å². The number of hydrogen-bond acceptors (Lipinski definition) is 3. The summed E-state index contributed by atoms with van der Waals surface area (Å²) < 4.78 is 5.30. The Hall–Kier alpha value is -1.75. The molecule has 0 saturated carbocycles. The van der Waals surface area contributed by atoms with Crippen LogP contribution in [0.5, 0.6) is 5.75 Å². The highest BCUT2D eigenvalue weighted by Crippen LogP contribution is 2.16. The standard InChI is InChI=1S/C15H21ClN2O3/c1-15(2,11-16)14(20)18-9-8-17-13(19)10-21-12-6-4-3-5-7-12/h3-7H,8-11H2,1-2H3,(H,17,19)(H,18,20). The topological polar surface area (TPSA) is 67.4 Å². The van der Waals surface area contributed by atoms with Crippen LogP contribution in [-0.2, 0) is 9.59 Å². The fourth-order valence-corrected chi connectivity index (χ4v) is 1.52. The third-order valence-corrected chi connectivity index (χ3v) is 3.46. The van der Waals surface area contributed by atoms with Crippen molar-refractivity contribution in [3.05, 3.63) is 30.3 Å².